The van der Waals surface area contributed by atoms with Gasteiger partial charge in [-0.3, -0.25) is 0 Å². The van der Waals surface area contributed by atoms with Crippen molar-refractivity contribution in [1.29, 1.82) is 0 Å². The minimum Gasteiger partial charge on any atom is -0.126 e. The first-order valence-corrected chi connectivity index (χ1v) is 6.39. The van der Waals surface area contributed by atoms with Crippen molar-refractivity contribution in [2.75, 3.05) is 5.88 Å². The number of halogens is 1. The molecule has 0 N–H and O–H groups in total. The van der Waals surface area contributed by atoms with Crippen LogP contribution in [0.15, 0.2) is 24.3 Å². The van der Waals surface area contributed by atoms with Crippen LogP contribution in [0.1, 0.15) is 36.8 Å². The fourth-order valence-corrected chi connectivity index (χ4v) is 2.98. The molecule has 1 aliphatic rings. The molecule has 0 nitrogen and oxygen atoms in total. The van der Waals surface area contributed by atoms with Crippen molar-refractivity contribution in [3.63, 3.8) is 0 Å². The topological polar surface area (TPSA) is 0 Å². The van der Waals surface area contributed by atoms with Gasteiger partial charge >= 0.3 is 0 Å². The first kappa shape index (κ1) is 11.0. The van der Waals surface area contributed by atoms with Crippen molar-refractivity contribution in [2.24, 2.45) is 5.41 Å². The van der Waals surface area contributed by atoms with E-state index in [4.69, 9.17) is 11.6 Å². The fourth-order valence-electron chi connectivity index (χ4n) is 2.62. The second kappa shape index (κ2) is 4.57. The summed E-state index contributed by atoms with van der Waals surface area (Å²) < 4.78 is 0. The van der Waals surface area contributed by atoms with Crippen molar-refractivity contribution >= 4 is 11.6 Å². The van der Waals surface area contributed by atoms with Crippen molar-refractivity contribution in [3.05, 3.63) is 35.4 Å². The highest BCUT2D eigenvalue weighted by atomic mass is 35.5. The molecule has 15 heavy (non-hydrogen) atoms. The van der Waals surface area contributed by atoms with E-state index in [0.717, 1.165) is 12.3 Å². The third-order valence-electron chi connectivity index (χ3n) is 3.65. The van der Waals surface area contributed by atoms with E-state index in [1.807, 2.05) is 0 Å². The average molecular weight is 223 g/mol. The zero-order valence-electron chi connectivity index (χ0n) is 9.43. The fraction of sp³-hybridized carbons (Fsp3) is 0.571. The number of alkyl halides is 1. The highest BCUT2D eigenvalue weighted by Crippen LogP contribution is 2.41. The first-order valence-electron chi connectivity index (χ1n) is 5.86. The number of hydrogen-bond acceptors (Lipinski definition) is 0. The molecule has 0 radical (unpaired) electrons. The molecule has 0 amide bonds. The van der Waals surface area contributed by atoms with Crippen molar-refractivity contribution in [3.8, 4) is 0 Å². The molecule has 82 valence electrons. The lowest BCUT2D eigenvalue weighted by atomic mass is 9.82. The van der Waals surface area contributed by atoms with Crippen molar-refractivity contribution in [2.45, 2.75) is 39.0 Å². The largest absolute Gasteiger partial charge is 0.126 e. The van der Waals surface area contributed by atoms with Crippen LogP contribution < -0.4 is 0 Å². The minimum absolute atomic E-state index is 0.400. The maximum absolute atomic E-state index is 6.15. The predicted molar refractivity (Wildman–Crippen MR) is 66.5 cm³/mol. The molecular formula is C14H19Cl. The summed E-state index contributed by atoms with van der Waals surface area (Å²) in [7, 11) is 0. The quantitative estimate of drug-likeness (QED) is 0.668. The number of benzene rings is 1. The van der Waals surface area contributed by atoms with Crippen molar-refractivity contribution < 1.29 is 0 Å². The van der Waals surface area contributed by atoms with E-state index in [-0.39, 0.29) is 0 Å². The Hall–Kier alpha value is -0.490. The monoisotopic (exact) mass is 222 g/mol. The predicted octanol–water partition coefficient (Wildman–Crippen LogP) is 4.34. The number of aryl methyl sites for hydroxylation is 1. The maximum atomic E-state index is 6.15. The molecule has 1 aliphatic carbocycles. The molecule has 1 aromatic rings. The van der Waals surface area contributed by atoms with Crippen LogP contribution in [-0.4, -0.2) is 5.88 Å². The molecule has 0 atom stereocenters. The SMILES string of the molecule is Cc1ccc(CC2(CCl)CCCC2)cc1. The maximum Gasteiger partial charge on any atom is 0.0283 e. The van der Waals surface area contributed by atoms with E-state index in [9.17, 15) is 0 Å². The normalized spacial score (nSPS) is 19.3. The van der Waals surface area contributed by atoms with Crippen LogP contribution in [0.3, 0.4) is 0 Å². The van der Waals surface area contributed by atoms with Gasteiger partial charge in [-0.15, -0.1) is 11.6 Å². The van der Waals surface area contributed by atoms with Gasteiger partial charge in [0.25, 0.3) is 0 Å². The lowest BCUT2D eigenvalue weighted by Gasteiger charge is -2.26. The molecule has 0 bridgehead atoms. The Kier molecular flexibility index (Phi) is 3.35. The molecular weight excluding hydrogens is 204 g/mol. The smallest absolute Gasteiger partial charge is 0.0283 e. The van der Waals surface area contributed by atoms with Gasteiger partial charge in [0.05, 0.1) is 0 Å². The molecule has 0 unspecified atom stereocenters. The zero-order valence-corrected chi connectivity index (χ0v) is 10.2. The van der Waals surface area contributed by atoms with Gasteiger partial charge in [-0.05, 0) is 37.2 Å². The van der Waals surface area contributed by atoms with E-state index in [1.54, 1.807) is 0 Å². The molecule has 0 spiro atoms. The third-order valence-corrected chi connectivity index (χ3v) is 4.21. The molecule has 1 saturated carbocycles. The highest BCUT2D eigenvalue weighted by molar-refractivity contribution is 6.18. The van der Waals surface area contributed by atoms with E-state index < -0.39 is 0 Å². The Morgan fingerprint density at radius 2 is 1.73 bits per heavy atom. The molecule has 1 aromatic carbocycles. The zero-order chi connectivity index (χ0) is 10.7. The third kappa shape index (κ3) is 2.55. The first-order chi connectivity index (χ1) is 7.24. The van der Waals surface area contributed by atoms with Gasteiger partial charge in [0.2, 0.25) is 0 Å². The number of hydrogen-bond donors (Lipinski definition) is 0. The Bertz CT molecular complexity index is 307. The second-order valence-electron chi connectivity index (χ2n) is 5.00. The summed E-state index contributed by atoms with van der Waals surface area (Å²) in [4.78, 5) is 0. The Morgan fingerprint density at radius 1 is 1.13 bits per heavy atom. The summed E-state index contributed by atoms with van der Waals surface area (Å²) in [5, 5.41) is 0. The molecule has 0 aliphatic heterocycles. The van der Waals surface area contributed by atoms with Gasteiger partial charge in [0.15, 0.2) is 0 Å². The molecule has 1 fully saturated rings. The summed E-state index contributed by atoms with van der Waals surface area (Å²) in [5.74, 6) is 0.820. The lowest BCUT2D eigenvalue weighted by Crippen LogP contribution is -2.21. The van der Waals surface area contributed by atoms with Crippen LogP contribution >= 0.6 is 11.6 Å². The minimum atomic E-state index is 0.400. The summed E-state index contributed by atoms with van der Waals surface area (Å²) >= 11 is 6.15. The summed E-state index contributed by atoms with van der Waals surface area (Å²) in [6, 6.07) is 8.91. The van der Waals surface area contributed by atoms with E-state index in [1.165, 1.54) is 36.8 Å². The van der Waals surface area contributed by atoms with E-state index in [2.05, 4.69) is 31.2 Å². The van der Waals surface area contributed by atoms with Crippen LogP contribution in [0.2, 0.25) is 0 Å². The van der Waals surface area contributed by atoms with E-state index >= 15 is 0 Å². The number of rotatable bonds is 3. The molecule has 1 heteroatoms. The standard InChI is InChI=1S/C14H19Cl/c1-12-4-6-13(7-5-12)10-14(11-15)8-2-3-9-14/h4-7H,2-3,8-11H2,1H3. The Labute approximate surface area is 97.6 Å². The van der Waals surface area contributed by atoms with Gasteiger partial charge in [0, 0.05) is 5.88 Å². The van der Waals surface area contributed by atoms with Crippen LogP contribution in [0.25, 0.3) is 0 Å². The molecule has 0 aromatic heterocycles. The van der Waals surface area contributed by atoms with Crippen LogP contribution in [0.4, 0.5) is 0 Å². The highest BCUT2D eigenvalue weighted by Gasteiger charge is 2.32. The van der Waals surface area contributed by atoms with Crippen LogP contribution in [-0.2, 0) is 6.42 Å². The lowest BCUT2D eigenvalue weighted by molar-refractivity contribution is 0.341. The van der Waals surface area contributed by atoms with E-state index in [0.29, 0.717) is 5.41 Å². The average Bonchev–Trinajstić information content (AvgIpc) is 2.71. The van der Waals surface area contributed by atoms with Gasteiger partial charge in [-0.2, -0.15) is 0 Å². The van der Waals surface area contributed by atoms with Gasteiger partial charge in [-0.1, -0.05) is 42.7 Å². The van der Waals surface area contributed by atoms with Crippen molar-refractivity contribution in [1.82, 2.24) is 0 Å². The van der Waals surface area contributed by atoms with Crippen LogP contribution in [0.5, 0.6) is 0 Å². The van der Waals surface area contributed by atoms with Gasteiger partial charge in [-0.25, -0.2) is 0 Å². The summed E-state index contributed by atoms with van der Waals surface area (Å²) in [5.41, 5.74) is 3.19. The summed E-state index contributed by atoms with van der Waals surface area (Å²) in [6.07, 6.45) is 6.50. The molecule has 2 rings (SSSR count). The Balaban J connectivity index is 2.09. The molecule has 0 heterocycles. The Morgan fingerprint density at radius 3 is 2.27 bits per heavy atom. The molecule has 0 saturated heterocycles. The summed E-state index contributed by atoms with van der Waals surface area (Å²) in [6.45, 7) is 2.14. The van der Waals surface area contributed by atoms with Crippen LogP contribution in [0, 0.1) is 12.3 Å². The van der Waals surface area contributed by atoms with Gasteiger partial charge < -0.3 is 0 Å². The van der Waals surface area contributed by atoms with Gasteiger partial charge in [0.1, 0.15) is 0 Å². The second-order valence-corrected chi connectivity index (χ2v) is 5.27.